The number of nitrogens with zero attached hydrogens (tertiary/aromatic N) is 2. The first kappa shape index (κ1) is 19.7. The zero-order valence-electron chi connectivity index (χ0n) is 14.6. The standard InChI is InChI=1S/C19H17Cl2N3O2S/c1-11(15-9-8-14(20)10-16(15)21)22-17(25)12(2)27-19-24-23-18(26-19)13-6-4-3-5-7-13/h3-12H,1-2H3,(H,22,25). The molecule has 0 aliphatic rings. The number of hydrogen-bond donors (Lipinski definition) is 1. The lowest BCUT2D eigenvalue weighted by Crippen LogP contribution is -2.33. The Balaban J connectivity index is 1.61. The van der Waals surface area contributed by atoms with E-state index < -0.39 is 5.25 Å². The van der Waals surface area contributed by atoms with E-state index in [2.05, 4.69) is 15.5 Å². The van der Waals surface area contributed by atoms with Crippen LogP contribution in [0.4, 0.5) is 0 Å². The number of carbonyl (C=O) groups excluding carboxylic acids is 1. The molecule has 3 aromatic rings. The van der Waals surface area contributed by atoms with Crippen molar-refractivity contribution >= 4 is 40.9 Å². The molecule has 0 spiro atoms. The molecule has 3 rings (SSSR count). The van der Waals surface area contributed by atoms with Crippen molar-refractivity contribution in [3.63, 3.8) is 0 Å². The van der Waals surface area contributed by atoms with Crippen LogP contribution >= 0.6 is 35.0 Å². The third kappa shape index (κ3) is 5.03. The lowest BCUT2D eigenvalue weighted by molar-refractivity contribution is -0.120. The molecule has 1 aromatic heterocycles. The Hall–Kier alpha value is -2.02. The lowest BCUT2D eigenvalue weighted by Gasteiger charge is -2.18. The van der Waals surface area contributed by atoms with E-state index in [1.165, 1.54) is 11.8 Å². The minimum absolute atomic E-state index is 0.155. The SMILES string of the molecule is CC(Sc1nnc(-c2ccccc2)o1)C(=O)NC(C)c1ccc(Cl)cc1Cl. The van der Waals surface area contributed by atoms with Crippen LogP contribution in [0.3, 0.4) is 0 Å². The van der Waals surface area contributed by atoms with Crippen molar-refractivity contribution in [3.05, 3.63) is 64.1 Å². The number of amides is 1. The predicted octanol–water partition coefficient (Wildman–Crippen LogP) is 5.40. The topological polar surface area (TPSA) is 68.0 Å². The van der Waals surface area contributed by atoms with Crippen molar-refractivity contribution in [2.24, 2.45) is 0 Å². The van der Waals surface area contributed by atoms with Crippen LogP contribution in [0, 0.1) is 0 Å². The third-order valence-electron chi connectivity index (χ3n) is 3.86. The summed E-state index contributed by atoms with van der Waals surface area (Å²) in [6.07, 6.45) is 0. The van der Waals surface area contributed by atoms with E-state index in [9.17, 15) is 4.79 Å². The van der Waals surface area contributed by atoms with Gasteiger partial charge in [0, 0.05) is 15.6 Å². The molecule has 1 N–H and O–H groups in total. The summed E-state index contributed by atoms with van der Waals surface area (Å²) in [5.41, 5.74) is 1.63. The molecule has 0 aliphatic carbocycles. The smallest absolute Gasteiger partial charge is 0.277 e. The first-order chi connectivity index (χ1) is 12.9. The van der Waals surface area contributed by atoms with Gasteiger partial charge in [0.1, 0.15) is 0 Å². The summed E-state index contributed by atoms with van der Waals surface area (Å²) in [5.74, 6) is 0.269. The van der Waals surface area contributed by atoms with E-state index in [1.807, 2.05) is 37.3 Å². The number of rotatable bonds is 6. The highest BCUT2D eigenvalue weighted by Gasteiger charge is 2.21. The quantitative estimate of drug-likeness (QED) is 0.539. The molecular formula is C19H17Cl2N3O2S. The lowest BCUT2D eigenvalue weighted by atomic mass is 10.1. The van der Waals surface area contributed by atoms with E-state index in [0.29, 0.717) is 21.2 Å². The average Bonchev–Trinajstić information content (AvgIpc) is 3.10. The van der Waals surface area contributed by atoms with Gasteiger partial charge in [-0.05, 0) is 43.7 Å². The fourth-order valence-corrected chi connectivity index (χ4v) is 3.69. The molecule has 1 heterocycles. The molecule has 0 saturated heterocycles. The molecule has 0 saturated carbocycles. The summed E-state index contributed by atoms with van der Waals surface area (Å²) in [6.45, 7) is 3.65. The minimum Gasteiger partial charge on any atom is -0.411 e. The second-order valence-corrected chi connectivity index (χ2v) is 8.03. The van der Waals surface area contributed by atoms with Crippen molar-refractivity contribution in [1.29, 1.82) is 0 Å². The van der Waals surface area contributed by atoms with Crippen molar-refractivity contribution in [2.45, 2.75) is 30.4 Å². The Labute approximate surface area is 171 Å². The summed E-state index contributed by atoms with van der Waals surface area (Å²) in [5, 5.41) is 12.0. The Morgan fingerprint density at radius 1 is 1.11 bits per heavy atom. The second-order valence-electron chi connectivity index (χ2n) is 5.90. The zero-order chi connectivity index (χ0) is 19.4. The van der Waals surface area contributed by atoms with Crippen LogP contribution in [-0.4, -0.2) is 21.4 Å². The van der Waals surface area contributed by atoms with Gasteiger partial charge in [0.25, 0.3) is 5.22 Å². The molecule has 27 heavy (non-hydrogen) atoms. The molecule has 2 unspecified atom stereocenters. The largest absolute Gasteiger partial charge is 0.411 e. The summed E-state index contributed by atoms with van der Waals surface area (Å²) in [7, 11) is 0. The van der Waals surface area contributed by atoms with Gasteiger partial charge in [-0.1, -0.05) is 59.2 Å². The molecule has 0 fully saturated rings. The van der Waals surface area contributed by atoms with Crippen molar-refractivity contribution in [3.8, 4) is 11.5 Å². The monoisotopic (exact) mass is 421 g/mol. The van der Waals surface area contributed by atoms with Gasteiger partial charge in [0.05, 0.1) is 11.3 Å². The van der Waals surface area contributed by atoms with Crippen LogP contribution in [0.25, 0.3) is 11.5 Å². The Morgan fingerprint density at radius 2 is 1.85 bits per heavy atom. The number of carbonyl (C=O) groups is 1. The highest BCUT2D eigenvalue weighted by atomic mass is 35.5. The zero-order valence-corrected chi connectivity index (χ0v) is 17.0. The number of hydrogen-bond acceptors (Lipinski definition) is 5. The molecule has 0 bridgehead atoms. The maximum Gasteiger partial charge on any atom is 0.277 e. The maximum atomic E-state index is 12.5. The predicted molar refractivity (Wildman–Crippen MR) is 108 cm³/mol. The number of thioether (sulfide) groups is 1. The van der Waals surface area contributed by atoms with E-state index in [4.69, 9.17) is 27.6 Å². The van der Waals surface area contributed by atoms with Gasteiger partial charge in [-0.15, -0.1) is 10.2 Å². The normalized spacial score (nSPS) is 13.2. The van der Waals surface area contributed by atoms with Crippen molar-refractivity contribution in [1.82, 2.24) is 15.5 Å². The fraction of sp³-hybridized carbons (Fsp3) is 0.211. The van der Waals surface area contributed by atoms with Gasteiger partial charge in [-0.2, -0.15) is 0 Å². The van der Waals surface area contributed by atoms with Gasteiger partial charge >= 0.3 is 0 Å². The van der Waals surface area contributed by atoms with Crippen LogP contribution in [0.1, 0.15) is 25.5 Å². The number of halogens is 2. The fourth-order valence-electron chi connectivity index (χ4n) is 2.42. The molecular weight excluding hydrogens is 405 g/mol. The van der Waals surface area contributed by atoms with Crippen LogP contribution in [0.5, 0.6) is 0 Å². The second kappa shape index (κ2) is 8.78. The van der Waals surface area contributed by atoms with Gasteiger partial charge in [0.2, 0.25) is 11.8 Å². The molecule has 0 radical (unpaired) electrons. The average molecular weight is 422 g/mol. The summed E-state index contributed by atoms with van der Waals surface area (Å²) < 4.78 is 5.64. The number of benzene rings is 2. The van der Waals surface area contributed by atoms with E-state index >= 15 is 0 Å². The summed E-state index contributed by atoms with van der Waals surface area (Å²) in [6, 6.07) is 14.4. The molecule has 1 amide bonds. The third-order valence-corrected chi connectivity index (χ3v) is 5.36. The van der Waals surface area contributed by atoms with E-state index in [0.717, 1.165) is 11.1 Å². The maximum absolute atomic E-state index is 12.5. The molecule has 2 aromatic carbocycles. The molecule has 8 heteroatoms. The van der Waals surface area contributed by atoms with E-state index in [1.54, 1.807) is 25.1 Å². The van der Waals surface area contributed by atoms with Gasteiger partial charge in [-0.3, -0.25) is 4.79 Å². The van der Waals surface area contributed by atoms with Crippen LogP contribution in [-0.2, 0) is 4.79 Å². The highest BCUT2D eigenvalue weighted by molar-refractivity contribution is 8.00. The summed E-state index contributed by atoms with van der Waals surface area (Å²) in [4.78, 5) is 12.5. The Kier molecular flexibility index (Phi) is 6.42. The van der Waals surface area contributed by atoms with Crippen molar-refractivity contribution in [2.75, 3.05) is 0 Å². The first-order valence-electron chi connectivity index (χ1n) is 8.25. The molecule has 2 atom stereocenters. The molecule has 0 aliphatic heterocycles. The highest BCUT2D eigenvalue weighted by Crippen LogP contribution is 2.28. The Bertz CT molecular complexity index is 934. The van der Waals surface area contributed by atoms with Gasteiger partial charge < -0.3 is 9.73 Å². The molecule has 140 valence electrons. The Morgan fingerprint density at radius 3 is 2.56 bits per heavy atom. The van der Waals surface area contributed by atoms with E-state index in [-0.39, 0.29) is 11.9 Å². The number of aromatic nitrogens is 2. The van der Waals surface area contributed by atoms with Crippen LogP contribution in [0.2, 0.25) is 10.0 Å². The minimum atomic E-state index is -0.414. The van der Waals surface area contributed by atoms with Crippen LogP contribution < -0.4 is 5.32 Å². The van der Waals surface area contributed by atoms with Gasteiger partial charge in [-0.25, -0.2) is 0 Å². The van der Waals surface area contributed by atoms with Crippen LogP contribution in [0.15, 0.2) is 58.2 Å². The molecule has 5 nitrogen and oxygen atoms in total. The first-order valence-corrected chi connectivity index (χ1v) is 9.88. The summed E-state index contributed by atoms with van der Waals surface area (Å²) >= 11 is 13.3. The van der Waals surface area contributed by atoms with Crippen molar-refractivity contribution < 1.29 is 9.21 Å². The number of nitrogens with one attached hydrogen (secondary N) is 1. The van der Waals surface area contributed by atoms with Gasteiger partial charge in [0.15, 0.2) is 0 Å².